The maximum atomic E-state index is 12.8. The van der Waals surface area contributed by atoms with Crippen molar-refractivity contribution in [1.82, 2.24) is 0 Å². The molecule has 0 aromatic heterocycles. The molecule has 0 amide bonds. The van der Waals surface area contributed by atoms with Crippen LogP contribution in [0.3, 0.4) is 0 Å². The van der Waals surface area contributed by atoms with Gasteiger partial charge in [0.1, 0.15) is 13.2 Å². The van der Waals surface area contributed by atoms with Gasteiger partial charge in [0.25, 0.3) is 0 Å². The normalized spacial score (nSPS) is 13.1. The van der Waals surface area contributed by atoms with Crippen molar-refractivity contribution in [2.24, 2.45) is 0 Å². The van der Waals surface area contributed by atoms with Crippen molar-refractivity contribution < 1.29 is 28.6 Å². The van der Waals surface area contributed by atoms with Crippen LogP contribution in [0, 0.1) is 0 Å². The number of esters is 3. The molecular formula is C71H114O6. The van der Waals surface area contributed by atoms with Crippen LogP contribution in [0.25, 0.3) is 0 Å². The van der Waals surface area contributed by atoms with E-state index in [2.05, 4.69) is 167 Å². The third-order valence-electron chi connectivity index (χ3n) is 12.8. The van der Waals surface area contributed by atoms with Crippen LogP contribution < -0.4 is 0 Å². The molecule has 0 rings (SSSR count). The molecule has 0 radical (unpaired) electrons. The molecule has 0 bridgehead atoms. The highest BCUT2D eigenvalue weighted by Crippen LogP contribution is 2.15. The lowest BCUT2D eigenvalue weighted by Crippen LogP contribution is -2.30. The summed E-state index contributed by atoms with van der Waals surface area (Å²) in [7, 11) is 0. The molecule has 0 aliphatic rings. The van der Waals surface area contributed by atoms with Crippen molar-refractivity contribution in [3.8, 4) is 0 Å². The average Bonchev–Trinajstić information content (AvgIpc) is 3.43. The SMILES string of the molecule is CC/C=C\C/C=C\C/C=C\C/C=C\C/C=C\C/C=C\C/C=C\C/C=C\CCCCCCCCCCC(=O)OCC(COC(=O)CCCCCCCCCCCCC)OC(=O)CCCC/C=C\C/C=C\C/C=C\C/C=C\CC. The molecule has 434 valence electrons. The van der Waals surface area contributed by atoms with Gasteiger partial charge in [-0.3, -0.25) is 14.4 Å². The van der Waals surface area contributed by atoms with Crippen LogP contribution in [0.15, 0.2) is 146 Å². The molecule has 0 heterocycles. The zero-order valence-electron chi connectivity index (χ0n) is 49.7. The van der Waals surface area contributed by atoms with Crippen LogP contribution in [0.4, 0.5) is 0 Å². The predicted molar refractivity (Wildman–Crippen MR) is 334 cm³/mol. The first-order chi connectivity index (χ1) is 38.0. The Morgan fingerprint density at radius 1 is 0.273 bits per heavy atom. The molecule has 6 heteroatoms. The number of carbonyl (C=O) groups is 3. The second kappa shape index (κ2) is 63.8. The summed E-state index contributed by atoms with van der Waals surface area (Å²) in [6, 6.07) is 0. The number of carbonyl (C=O) groups excluding carboxylic acids is 3. The van der Waals surface area contributed by atoms with Gasteiger partial charge in [0.2, 0.25) is 0 Å². The standard InChI is InChI=1S/C71H114O6/c1-4-7-10-13-16-19-22-24-26-27-28-29-30-31-32-33-34-35-36-37-38-39-40-41-42-43-45-46-49-52-55-58-61-64-70(73)76-67-68(66-75-69(72)63-60-57-54-51-48-21-18-15-12-9-6-3)77-71(74)65-62-59-56-53-50-47-44-25-23-20-17-14-11-8-5-2/h7-8,10-11,16-17,19-20,24-26,28-29,31-32,34-35,37-38,40-41,44,50,53,68H,4-6,9,12-15,18,21-23,27,30,33,36,39,42-43,45-49,51-52,54-67H2,1-3H3/b10-7-,11-8-,19-16-,20-17-,26-24-,29-28-,32-31-,35-34-,38-37-,41-40-,44-25-,53-50-. The zero-order valence-corrected chi connectivity index (χ0v) is 49.7. The minimum absolute atomic E-state index is 0.0994. The molecule has 0 saturated heterocycles. The highest BCUT2D eigenvalue weighted by atomic mass is 16.6. The Kier molecular flexibility index (Phi) is 59.9. The maximum absolute atomic E-state index is 12.8. The Balaban J connectivity index is 4.28. The Bertz CT molecular complexity index is 1700. The van der Waals surface area contributed by atoms with Crippen molar-refractivity contribution in [3.05, 3.63) is 146 Å². The highest BCUT2D eigenvalue weighted by Gasteiger charge is 2.19. The lowest BCUT2D eigenvalue weighted by Gasteiger charge is -2.18. The molecular weight excluding hydrogens is 949 g/mol. The molecule has 0 N–H and O–H groups in total. The fourth-order valence-electron chi connectivity index (χ4n) is 8.21. The lowest BCUT2D eigenvalue weighted by atomic mass is 10.1. The summed E-state index contributed by atoms with van der Waals surface area (Å²) in [5.74, 6) is -0.953. The van der Waals surface area contributed by atoms with E-state index < -0.39 is 6.10 Å². The van der Waals surface area contributed by atoms with E-state index in [9.17, 15) is 14.4 Å². The largest absolute Gasteiger partial charge is 0.462 e. The summed E-state index contributed by atoms with van der Waals surface area (Å²) < 4.78 is 16.8. The molecule has 1 atom stereocenters. The highest BCUT2D eigenvalue weighted by molar-refractivity contribution is 5.71. The van der Waals surface area contributed by atoms with Crippen LogP contribution in [0.5, 0.6) is 0 Å². The number of hydrogen-bond donors (Lipinski definition) is 0. The van der Waals surface area contributed by atoms with Gasteiger partial charge in [-0.05, 0) is 122 Å². The molecule has 0 aliphatic carbocycles. The predicted octanol–water partition coefficient (Wildman–Crippen LogP) is 21.5. The summed E-state index contributed by atoms with van der Waals surface area (Å²) in [5.41, 5.74) is 0. The second-order valence-corrected chi connectivity index (χ2v) is 20.2. The van der Waals surface area contributed by atoms with Gasteiger partial charge >= 0.3 is 17.9 Å². The second-order valence-electron chi connectivity index (χ2n) is 20.2. The minimum atomic E-state index is -0.806. The van der Waals surface area contributed by atoms with Gasteiger partial charge in [0.15, 0.2) is 6.10 Å². The maximum Gasteiger partial charge on any atom is 0.306 e. The van der Waals surface area contributed by atoms with E-state index in [4.69, 9.17) is 14.2 Å². The Hall–Kier alpha value is -4.71. The van der Waals surface area contributed by atoms with Crippen LogP contribution in [-0.4, -0.2) is 37.2 Å². The summed E-state index contributed by atoms with van der Waals surface area (Å²) in [6.45, 7) is 6.36. The molecule has 0 saturated carbocycles. The average molecular weight is 1060 g/mol. The quantitative estimate of drug-likeness (QED) is 0.0261. The molecule has 0 aromatic rings. The molecule has 0 spiro atoms. The van der Waals surface area contributed by atoms with E-state index in [1.165, 1.54) is 83.5 Å². The van der Waals surface area contributed by atoms with E-state index in [0.29, 0.717) is 19.3 Å². The summed E-state index contributed by atoms with van der Waals surface area (Å²) in [5, 5.41) is 0. The van der Waals surface area contributed by atoms with Crippen molar-refractivity contribution >= 4 is 17.9 Å². The Morgan fingerprint density at radius 2 is 0.506 bits per heavy atom. The van der Waals surface area contributed by atoms with E-state index in [0.717, 1.165) is 135 Å². The first-order valence-corrected chi connectivity index (χ1v) is 31.3. The zero-order chi connectivity index (χ0) is 55.7. The number of ether oxygens (including phenoxy) is 3. The van der Waals surface area contributed by atoms with Gasteiger partial charge in [0.05, 0.1) is 0 Å². The first-order valence-electron chi connectivity index (χ1n) is 31.3. The fourth-order valence-corrected chi connectivity index (χ4v) is 8.21. The van der Waals surface area contributed by atoms with Crippen molar-refractivity contribution in [2.75, 3.05) is 13.2 Å². The minimum Gasteiger partial charge on any atom is -0.462 e. The van der Waals surface area contributed by atoms with Crippen LogP contribution in [-0.2, 0) is 28.6 Å². The Labute approximate surface area is 474 Å². The Morgan fingerprint density at radius 3 is 0.818 bits per heavy atom. The topological polar surface area (TPSA) is 78.9 Å². The fraction of sp³-hybridized carbons (Fsp3) is 0.620. The van der Waals surface area contributed by atoms with E-state index in [1.807, 2.05) is 0 Å². The number of rotatable bonds is 55. The molecule has 6 nitrogen and oxygen atoms in total. The van der Waals surface area contributed by atoms with E-state index in [1.54, 1.807) is 0 Å². The number of allylic oxidation sites excluding steroid dienone is 24. The van der Waals surface area contributed by atoms with Crippen molar-refractivity contribution in [1.29, 1.82) is 0 Å². The molecule has 0 aromatic carbocycles. The van der Waals surface area contributed by atoms with Gasteiger partial charge in [0, 0.05) is 19.3 Å². The van der Waals surface area contributed by atoms with Crippen LogP contribution in [0.1, 0.15) is 265 Å². The van der Waals surface area contributed by atoms with Gasteiger partial charge in [-0.1, -0.05) is 269 Å². The van der Waals surface area contributed by atoms with Gasteiger partial charge < -0.3 is 14.2 Å². The smallest absolute Gasteiger partial charge is 0.306 e. The molecule has 0 fully saturated rings. The summed E-state index contributed by atoms with van der Waals surface area (Å²) in [4.78, 5) is 38.2. The third kappa shape index (κ3) is 62.0. The van der Waals surface area contributed by atoms with Gasteiger partial charge in [-0.25, -0.2) is 0 Å². The lowest BCUT2D eigenvalue weighted by molar-refractivity contribution is -0.167. The first kappa shape index (κ1) is 72.3. The van der Waals surface area contributed by atoms with Crippen molar-refractivity contribution in [2.45, 2.75) is 271 Å². The molecule has 77 heavy (non-hydrogen) atoms. The van der Waals surface area contributed by atoms with E-state index in [-0.39, 0.29) is 37.5 Å². The monoisotopic (exact) mass is 1060 g/mol. The molecule has 0 aliphatic heterocycles. The number of unbranched alkanes of at least 4 members (excludes halogenated alkanes) is 20. The van der Waals surface area contributed by atoms with E-state index >= 15 is 0 Å². The summed E-state index contributed by atoms with van der Waals surface area (Å²) >= 11 is 0. The third-order valence-corrected chi connectivity index (χ3v) is 12.8. The van der Waals surface area contributed by atoms with Crippen LogP contribution in [0.2, 0.25) is 0 Å². The van der Waals surface area contributed by atoms with Crippen molar-refractivity contribution in [3.63, 3.8) is 0 Å². The number of hydrogen-bond acceptors (Lipinski definition) is 6. The van der Waals surface area contributed by atoms with Gasteiger partial charge in [-0.2, -0.15) is 0 Å². The van der Waals surface area contributed by atoms with Gasteiger partial charge in [-0.15, -0.1) is 0 Å². The summed E-state index contributed by atoms with van der Waals surface area (Å²) in [6.07, 6.45) is 91.5. The van der Waals surface area contributed by atoms with Crippen LogP contribution >= 0.6 is 0 Å². The molecule has 1 unspecified atom stereocenters.